The highest BCUT2D eigenvalue weighted by molar-refractivity contribution is 9.10. The molecular formula is C21H21BrFN3O2. The van der Waals surface area contributed by atoms with Crippen LogP contribution in [0.25, 0.3) is 0 Å². The van der Waals surface area contributed by atoms with Crippen molar-refractivity contribution in [3.05, 3.63) is 70.2 Å². The molecule has 2 aromatic rings. The molecule has 1 N–H and O–H groups in total. The lowest BCUT2D eigenvalue weighted by Crippen LogP contribution is -2.63. The lowest BCUT2D eigenvalue weighted by atomic mass is 10.0. The Balaban J connectivity index is 1.28. The molecule has 2 fully saturated rings. The molecule has 0 radical (unpaired) electrons. The summed E-state index contributed by atoms with van der Waals surface area (Å²) in [5.41, 5.74) is 1.22. The molecule has 7 heteroatoms. The Hall–Kier alpha value is -2.25. The van der Waals surface area contributed by atoms with Crippen LogP contribution in [0.2, 0.25) is 0 Å². The fourth-order valence-electron chi connectivity index (χ4n) is 3.68. The molecule has 0 bridgehead atoms. The summed E-state index contributed by atoms with van der Waals surface area (Å²) in [5, 5.41) is 3.28. The third-order valence-corrected chi connectivity index (χ3v) is 5.79. The number of rotatable bonds is 4. The molecule has 2 aliphatic rings. The molecule has 2 unspecified atom stereocenters. The van der Waals surface area contributed by atoms with Gasteiger partial charge in [-0.15, -0.1) is 0 Å². The molecule has 2 aliphatic heterocycles. The van der Waals surface area contributed by atoms with E-state index < -0.39 is 12.2 Å². The summed E-state index contributed by atoms with van der Waals surface area (Å²) in [6.07, 6.45) is -1.11. The lowest BCUT2D eigenvalue weighted by Gasteiger charge is -2.41. The average Bonchev–Trinajstić information content (AvgIpc) is 3.05. The second kappa shape index (κ2) is 8.01. The van der Waals surface area contributed by atoms with Crippen molar-refractivity contribution in [2.45, 2.75) is 18.3 Å². The van der Waals surface area contributed by atoms with Crippen molar-refractivity contribution in [1.29, 1.82) is 0 Å². The van der Waals surface area contributed by atoms with Gasteiger partial charge in [-0.05, 0) is 36.4 Å². The van der Waals surface area contributed by atoms with Crippen molar-refractivity contribution in [1.82, 2.24) is 15.1 Å². The molecule has 146 valence electrons. The first-order valence-corrected chi connectivity index (χ1v) is 10.1. The average molecular weight is 446 g/mol. The number of nitrogens with zero attached hydrogens (tertiary/aromatic N) is 2. The first-order valence-electron chi connectivity index (χ1n) is 9.30. The zero-order valence-corrected chi connectivity index (χ0v) is 16.8. The van der Waals surface area contributed by atoms with Crippen LogP contribution in [-0.4, -0.2) is 66.0 Å². The van der Waals surface area contributed by atoms with E-state index in [-0.39, 0.29) is 24.4 Å². The SMILES string of the molecule is O=C(c1ccc(Br)cc1)N1CC(NC2CN(C(=O)c3ccccc3)CC2F)C1. The number of halogens is 2. The topological polar surface area (TPSA) is 52.7 Å². The van der Waals surface area contributed by atoms with Gasteiger partial charge in [-0.2, -0.15) is 0 Å². The van der Waals surface area contributed by atoms with Crippen LogP contribution < -0.4 is 5.32 Å². The molecule has 0 saturated carbocycles. The van der Waals surface area contributed by atoms with Gasteiger partial charge in [-0.1, -0.05) is 34.1 Å². The van der Waals surface area contributed by atoms with Crippen molar-refractivity contribution in [2.24, 2.45) is 0 Å². The lowest BCUT2D eigenvalue weighted by molar-refractivity contribution is 0.0542. The van der Waals surface area contributed by atoms with Crippen molar-refractivity contribution >= 4 is 27.7 Å². The van der Waals surface area contributed by atoms with Gasteiger partial charge in [-0.3, -0.25) is 9.59 Å². The minimum atomic E-state index is -1.11. The molecular weight excluding hydrogens is 425 g/mol. The van der Waals surface area contributed by atoms with Crippen LogP contribution in [0.4, 0.5) is 4.39 Å². The predicted octanol–water partition coefficient (Wildman–Crippen LogP) is 2.73. The van der Waals surface area contributed by atoms with Crippen molar-refractivity contribution in [3.63, 3.8) is 0 Å². The standard InChI is InChI=1S/C21H21BrFN3O2/c22-16-8-6-15(7-9-16)21(28)25-10-17(11-25)24-19-13-26(12-18(19)23)20(27)14-4-2-1-3-5-14/h1-9,17-19,24H,10-13H2. The van der Waals surface area contributed by atoms with Gasteiger partial charge >= 0.3 is 0 Å². The van der Waals surface area contributed by atoms with Crippen LogP contribution >= 0.6 is 15.9 Å². The Bertz CT molecular complexity index is 856. The van der Waals surface area contributed by atoms with Gasteiger partial charge in [0.25, 0.3) is 11.8 Å². The number of hydrogen-bond acceptors (Lipinski definition) is 3. The predicted molar refractivity (Wildman–Crippen MR) is 108 cm³/mol. The van der Waals surface area contributed by atoms with Crippen LogP contribution in [0.5, 0.6) is 0 Å². The fourth-order valence-corrected chi connectivity index (χ4v) is 3.94. The van der Waals surface area contributed by atoms with Gasteiger partial charge in [-0.25, -0.2) is 4.39 Å². The smallest absolute Gasteiger partial charge is 0.254 e. The number of nitrogens with one attached hydrogen (secondary N) is 1. The molecule has 0 aliphatic carbocycles. The number of hydrogen-bond donors (Lipinski definition) is 1. The van der Waals surface area contributed by atoms with E-state index in [2.05, 4.69) is 21.2 Å². The van der Waals surface area contributed by atoms with E-state index in [1.807, 2.05) is 18.2 Å². The maximum Gasteiger partial charge on any atom is 0.254 e. The molecule has 2 amide bonds. The minimum Gasteiger partial charge on any atom is -0.335 e. The molecule has 2 atom stereocenters. The Labute approximate surface area is 171 Å². The maximum atomic E-state index is 14.5. The number of carbonyl (C=O) groups excluding carboxylic acids is 2. The van der Waals surface area contributed by atoms with Gasteiger partial charge in [0.05, 0.1) is 12.6 Å². The van der Waals surface area contributed by atoms with Crippen molar-refractivity contribution < 1.29 is 14.0 Å². The van der Waals surface area contributed by atoms with Gasteiger partial charge in [0.15, 0.2) is 0 Å². The van der Waals surface area contributed by atoms with E-state index in [9.17, 15) is 14.0 Å². The molecule has 5 nitrogen and oxygen atoms in total. The zero-order valence-electron chi connectivity index (χ0n) is 15.2. The molecule has 4 rings (SSSR count). The number of benzene rings is 2. The molecule has 2 heterocycles. The van der Waals surface area contributed by atoms with E-state index in [0.29, 0.717) is 30.8 Å². The molecule has 0 spiro atoms. The summed E-state index contributed by atoms with van der Waals surface area (Å²) in [6.45, 7) is 1.53. The monoisotopic (exact) mass is 445 g/mol. The van der Waals surface area contributed by atoms with Gasteiger partial charge < -0.3 is 15.1 Å². The highest BCUT2D eigenvalue weighted by atomic mass is 79.9. The van der Waals surface area contributed by atoms with E-state index in [1.165, 1.54) is 0 Å². The second-order valence-corrected chi connectivity index (χ2v) is 8.19. The second-order valence-electron chi connectivity index (χ2n) is 7.28. The van der Waals surface area contributed by atoms with Crippen LogP contribution in [0.3, 0.4) is 0 Å². The summed E-state index contributed by atoms with van der Waals surface area (Å²) >= 11 is 3.36. The normalized spacial score (nSPS) is 22.2. The molecule has 28 heavy (non-hydrogen) atoms. The van der Waals surface area contributed by atoms with Gasteiger partial charge in [0.2, 0.25) is 0 Å². The highest BCUT2D eigenvalue weighted by Crippen LogP contribution is 2.21. The first kappa shape index (κ1) is 19.1. The van der Waals surface area contributed by atoms with Crippen LogP contribution in [0, 0.1) is 0 Å². The highest BCUT2D eigenvalue weighted by Gasteiger charge is 2.40. The minimum absolute atomic E-state index is 0.0188. The molecule has 2 aromatic carbocycles. The fraction of sp³-hybridized carbons (Fsp3) is 0.333. The van der Waals surface area contributed by atoms with E-state index in [0.717, 1.165) is 4.47 Å². The van der Waals surface area contributed by atoms with Crippen molar-refractivity contribution in [2.75, 3.05) is 26.2 Å². The number of alkyl halides is 1. The summed E-state index contributed by atoms with van der Waals surface area (Å²) < 4.78 is 15.4. The molecule has 0 aromatic heterocycles. The Morgan fingerprint density at radius 1 is 0.857 bits per heavy atom. The zero-order chi connectivity index (χ0) is 19.7. The first-order chi connectivity index (χ1) is 13.5. The summed E-state index contributed by atoms with van der Waals surface area (Å²) in [5.74, 6) is -0.164. The third kappa shape index (κ3) is 3.95. The van der Waals surface area contributed by atoms with Gasteiger partial charge in [0.1, 0.15) is 6.17 Å². The Kier molecular flexibility index (Phi) is 5.46. The largest absolute Gasteiger partial charge is 0.335 e. The van der Waals surface area contributed by atoms with Crippen molar-refractivity contribution in [3.8, 4) is 0 Å². The van der Waals surface area contributed by atoms with E-state index >= 15 is 0 Å². The number of carbonyl (C=O) groups is 2. The third-order valence-electron chi connectivity index (χ3n) is 5.27. The summed E-state index contributed by atoms with van der Waals surface area (Å²) in [6, 6.07) is 15.8. The van der Waals surface area contributed by atoms with Crippen LogP contribution in [-0.2, 0) is 0 Å². The van der Waals surface area contributed by atoms with Crippen LogP contribution in [0.1, 0.15) is 20.7 Å². The van der Waals surface area contributed by atoms with Gasteiger partial charge in [0, 0.05) is 41.3 Å². The number of amides is 2. The molecule has 2 saturated heterocycles. The van der Waals surface area contributed by atoms with Crippen LogP contribution in [0.15, 0.2) is 59.1 Å². The summed E-state index contributed by atoms with van der Waals surface area (Å²) in [7, 11) is 0. The van der Waals surface area contributed by atoms with E-state index in [4.69, 9.17) is 0 Å². The Morgan fingerprint density at radius 3 is 2.07 bits per heavy atom. The quantitative estimate of drug-likeness (QED) is 0.786. The Morgan fingerprint density at radius 2 is 1.43 bits per heavy atom. The van der Waals surface area contributed by atoms with E-state index in [1.54, 1.807) is 46.2 Å². The summed E-state index contributed by atoms with van der Waals surface area (Å²) in [4.78, 5) is 28.2. The maximum absolute atomic E-state index is 14.5. The number of likely N-dealkylation sites (tertiary alicyclic amines) is 2.